The minimum absolute atomic E-state index is 0.278. The Morgan fingerprint density at radius 2 is 1.81 bits per heavy atom. The molecule has 0 radical (unpaired) electrons. The molecule has 8 heteroatoms. The van der Waals surface area contributed by atoms with Crippen LogP contribution < -0.4 is 10.8 Å². The van der Waals surface area contributed by atoms with E-state index in [1.807, 2.05) is 73.7 Å². The zero-order valence-corrected chi connectivity index (χ0v) is 17.3. The van der Waals surface area contributed by atoms with Crippen LogP contribution in [0, 0.1) is 0 Å². The lowest BCUT2D eigenvalue weighted by Crippen LogP contribution is -2.31. The number of amides is 1. The van der Waals surface area contributed by atoms with E-state index in [1.54, 1.807) is 18.5 Å². The third-order valence-corrected chi connectivity index (χ3v) is 5.52. The minimum atomic E-state index is -0.760. The number of hydrogen-bond acceptors (Lipinski definition) is 7. The van der Waals surface area contributed by atoms with E-state index in [4.69, 9.17) is 4.84 Å². The number of anilines is 1. The van der Waals surface area contributed by atoms with Crippen LogP contribution in [0.1, 0.15) is 23.6 Å². The first-order chi connectivity index (χ1) is 15.7. The molecule has 1 aromatic heterocycles. The Morgan fingerprint density at radius 3 is 2.50 bits per heavy atom. The quantitative estimate of drug-likeness (QED) is 0.645. The highest BCUT2D eigenvalue weighted by Crippen LogP contribution is 2.39. The molecule has 2 atom stereocenters. The third-order valence-electron chi connectivity index (χ3n) is 5.52. The van der Waals surface area contributed by atoms with Crippen molar-refractivity contribution in [1.82, 2.24) is 10.5 Å². The summed E-state index contributed by atoms with van der Waals surface area (Å²) in [5, 5.41) is 15.5. The number of nitrogens with one attached hydrogen (secondary N) is 2. The van der Waals surface area contributed by atoms with Gasteiger partial charge < -0.3 is 5.32 Å². The average molecular weight is 424 g/mol. The van der Waals surface area contributed by atoms with E-state index in [0.717, 1.165) is 22.4 Å². The van der Waals surface area contributed by atoms with Crippen LogP contribution in [0.15, 0.2) is 101 Å². The minimum Gasteiger partial charge on any atom is -0.323 e. The molecular formula is C24H20N6O2. The number of rotatable bonds is 5. The first kappa shape index (κ1) is 19.8. The molecule has 2 unspecified atom stereocenters. The van der Waals surface area contributed by atoms with Crippen molar-refractivity contribution < 1.29 is 9.63 Å². The third kappa shape index (κ3) is 3.46. The molecule has 0 bridgehead atoms. The highest BCUT2D eigenvalue weighted by Gasteiger charge is 2.40. The monoisotopic (exact) mass is 424 g/mol. The summed E-state index contributed by atoms with van der Waals surface area (Å²) in [5.41, 5.74) is 6.93. The maximum atomic E-state index is 12.7. The topological polar surface area (TPSA) is 100 Å². The second-order valence-corrected chi connectivity index (χ2v) is 7.48. The summed E-state index contributed by atoms with van der Waals surface area (Å²) in [4.78, 5) is 22.2. The molecule has 1 amide bonds. The van der Waals surface area contributed by atoms with Gasteiger partial charge >= 0.3 is 0 Å². The van der Waals surface area contributed by atoms with Crippen molar-refractivity contribution in [3.05, 3.63) is 102 Å². The molecule has 32 heavy (non-hydrogen) atoms. The summed E-state index contributed by atoms with van der Waals surface area (Å²) in [7, 11) is 0. The summed E-state index contributed by atoms with van der Waals surface area (Å²) in [6.07, 6.45) is 4.37. The van der Waals surface area contributed by atoms with Crippen LogP contribution in [-0.4, -0.2) is 22.7 Å². The zero-order chi connectivity index (χ0) is 22.0. The van der Waals surface area contributed by atoms with E-state index in [1.165, 1.54) is 0 Å². The molecule has 5 rings (SSSR count). The van der Waals surface area contributed by atoms with Crippen LogP contribution >= 0.6 is 0 Å². The standard InChI is InChI=1S/C24H20N6O2/c1-16-24(29-30-27-16,18-7-3-2-4-8-18)19-9-11-20(12-10-19)26-23(31)22-14-21(28-32-22)17-6-5-13-25-15-17/h2-15,22,28H,1H3,(H,26,31). The van der Waals surface area contributed by atoms with Crippen LogP contribution in [0.4, 0.5) is 5.69 Å². The molecule has 0 aliphatic carbocycles. The van der Waals surface area contributed by atoms with Gasteiger partial charge in [-0.05, 0) is 53.6 Å². The van der Waals surface area contributed by atoms with Crippen molar-refractivity contribution in [3.63, 3.8) is 0 Å². The maximum absolute atomic E-state index is 12.7. The highest BCUT2D eigenvalue weighted by atomic mass is 16.7. The van der Waals surface area contributed by atoms with Crippen molar-refractivity contribution in [2.24, 2.45) is 15.4 Å². The maximum Gasteiger partial charge on any atom is 0.260 e. The van der Waals surface area contributed by atoms with E-state index in [2.05, 4.69) is 31.2 Å². The number of benzene rings is 2. The molecule has 0 fully saturated rings. The van der Waals surface area contributed by atoms with Crippen molar-refractivity contribution in [2.45, 2.75) is 18.6 Å². The van der Waals surface area contributed by atoms with Gasteiger partial charge in [0.1, 0.15) is 0 Å². The van der Waals surface area contributed by atoms with Gasteiger partial charge in [0, 0.05) is 23.6 Å². The number of carbonyl (C=O) groups excluding carboxylic acids is 1. The van der Waals surface area contributed by atoms with Gasteiger partial charge in [0.05, 0.1) is 11.4 Å². The lowest BCUT2D eigenvalue weighted by molar-refractivity contribution is -0.125. The van der Waals surface area contributed by atoms with Crippen LogP contribution in [0.25, 0.3) is 5.70 Å². The Morgan fingerprint density at radius 1 is 1.03 bits per heavy atom. The van der Waals surface area contributed by atoms with Gasteiger partial charge in [0.2, 0.25) is 0 Å². The van der Waals surface area contributed by atoms with Crippen LogP contribution in [0.3, 0.4) is 0 Å². The van der Waals surface area contributed by atoms with Crippen molar-refractivity contribution in [3.8, 4) is 0 Å². The van der Waals surface area contributed by atoms with Gasteiger partial charge in [0.25, 0.3) is 5.91 Å². The molecule has 0 spiro atoms. The summed E-state index contributed by atoms with van der Waals surface area (Å²) in [6, 6.07) is 21.2. The molecule has 0 saturated carbocycles. The molecular weight excluding hydrogens is 404 g/mol. The van der Waals surface area contributed by atoms with Crippen molar-refractivity contribution in [2.75, 3.05) is 5.32 Å². The van der Waals surface area contributed by atoms with Gasteiger partial charge in [-0.25, -0.2) is 0 Å². The predicted octanol–water partition coefficient (Wildman–Crippen LogP) is 4.05. The molecule has 2 N–H and O–H groups in total. The Balaban J connectivity index is 1.34. The average Bonchev–Trinajstić information content (AvgIpc) is 3.49. The SMILES string of the molecule is CC1=NN=NC1(c1ccccc1)c1ccc(NC(=O)C2C=C(c3cccnc3)NO2)cc1. The van der Waals surface area contributed by atoms with E-state index < -0.39 is 11.6 Å². The van der Waals surface area contributed by atoms with E-state index in [0.29, 0.717) is 11.4 Å². The van der Waals surface area contributed by atoms with Crippen LogP contribution in [-0.2, 0) is 15.2 Å². The Bertz CT molecular complexity index is 1220. The second kappa shape index (κ2) is 8.16. The van der Waals surface area contributed by atoms with Crippen molar-refractivity contribution >= 4 is 23.0 Å². The van der Waals surface area contributed by atoms with Gasteiger partial charge in [-0.2, -0.15) is 0 Å². The molecule has 3 aromatic rings. The van der Waals surface area contributed by atoms with Gasteiger partial charge in [-0.1, -0.05) is 42.5 Å². The van der Waals surface area contributed by atoms with Crippen LogP contribution in [0.5, 0.6) is 0 Å². The first-order valence-corrected chi connectivity index (χ1v) is 10.1. The number of hydroxylamine groups is 1. The Labute approximate surface area is 184 Å². The van der Waals surface area contributed by atoms with Crippen LogP contribution in [0.2, 0.25) is 0 Å². The van der Waals surface area contributed by atoms with E-state index >= 15 is 0 Å². The number of nitrogens with zero attached hydrogens (tertiary/aromatic N) is 4. The van der Waals surface area contributed by atoms with Gasteiger partial charge in [0.15, 0.2) is 11.6 Å². The smallest absolute Gasteiger partial charge is 0.260 e. The van der Waals surface area contributed by atoms with Gasteiger partial charge in [-0.15, -0.1) is 10.2 Å². The molecule has 0 saturated heterocycles. The van der Waals surface area contributed by atoms with Gasteiger partial charge in [-0.3, -0.25) is 20.1 Å². The number of hydrogen-bond donors (Lipinski definition) is 2. The first-order valence-electron chi connectivity index (χ1n) is 10.1. The second-order valence-electron chi connectivity index (χ2n) is 7.48. The molecule has 3 heterocycles. The Hall–Kier alpha value is -4.17. The van der Waals surface area contributed by atoms with E-state index in [-0.39, 0.29) is 5.91 Å². The normalized spacial score (nSPS) is 21.6. The summed E-state index contributed by atoms with van der Waals surface area (Å²) < 4.78 is 0. The molecule has 2 aliphatic heterocycles. The fourth-order valence-corrected chi connectivity index (χ4v) is 3.84. The molecule has 2 aromatic carbocycles. The number of aromatic nitrogens is 1. The lowest BCUT2D eigenvalue weighted by Gasteiger charge is -2.26. The Kier molecular flexibility index (Phi) is 5.04. The molecule has 158 valence electrons. The predicted molar refractivity (Wildman–Crippen MR) is 120 cm³/mol. The molecule has 8 nitrogen and oxygen atoms in total. The molecule has 2 aliphatic rings. The van der Waals surface area contributed by atoms with Crippen molar-refractivity contribution in [1.29, 1.82) is 0 Å². The zero-order valence-electron chi connectivity index (χ0n) is 17.3. The van der Waals surface area contributed by atoms with E-state index in [9.17, 15) is 4.79 Å². The summed E-state index contributed by atoms with van der Waals surface area (Å²) in [5.74, 6) is -0.278. The summed E-state index contributed by atoms with van der Waals surface area (Å²) >= 11 is 0. The largest absolute Gasteiger partial charge is 0.323 e. The number of pyridine rings is 1. The fourth-order valence-electron chi connectivity index (χ4n) is 3.84. The number of carbonyl (C=O) groups is 1. The fraction of sp³-hybridized carbons (Fsp3) is 0.125. The highest BCUT2D eigenvalue weighted by molar-refractivity contribution is 5.98. The lowest BCUT2D eigenvalue weighted by atomic mass is 9.80. The summed E-state index contributed by atoms with van der Waals surface area (Å²) in [6.45, 7) is 1.92.